The molecule has 100 valence electrons. The van der Waals surface area contributed by atoms with E-state index in [9.17, 15) is 4.79 Å². The molecule has 0 radical (unpaired) electrons. The lowest BCUT2D eigenvalue weighted by Gasteiger charge is -2.27. The SMILES string of the molecule is CC(CNC(=O)c1ccc(NN)nc1)C(C)(C)C. The van der Waals surface area contributed by atoms with Crippen LogP contribution < -0.4 is 16.6 Å². The van der Waals surface area contributed by atoms with Crippen molar-refractivity contribution in [1.82, 2.24) is 10.3 Å². The Morgan fingerprint density at radius 1 is 1.44 bits per heavy atom. The van der Waals surface area contributed by atoms with E-state index in [1.165, 1.54) is 6.20 Å². The van der Waals surface area contributed by atoms with Gasteiger partial charge >= 0.3 is 0 Å². The lowest BCUT2D eigenvalue weighted by Crippen LogP contribution is -2.33. The van der Waals surface area contributed by atoms with Crippen molar-refractivity contribution in [2.45, 2.75) is 27.7 Å². The van der Waals surface area contributed by atoms with Crippen LogP contribution >= 0.6 is 0 Å². The van der Waals surface area contributed by atoms with Gasteiger partial charge in [-0.05, 0) is 23.5 Å². The molecule has 0 bridgehead atoms. The number of carbonyl (C=O) groups excluding carboxylic acids is 1. The molecule has 0 saturated carbocycles. The van der Waals surface area contributed by atoms with E-state index in [0.29, 0.717) is 23.8 Å². The largest absolute Gasteiger partial charge is 0.352 e. The molecule has 1 rings (SSSR count). The average molecular weight is 250 g/mol. The third kappa shape index (κ3) is 4.00. The Labute approximate surface area is 108 Å². The number of amides is 1. The highest BCUT2D eigenvalue weighted by Crippen LogP contribution is 2.24. The van der Waals surface area contributed by atoms with Crippen molar-refractivity contribution in [3.8, 4) is 0 Å². The van der Waals surface area contributed by atoms with Crippen molar-refractivity contribution >= 4 is 11.7 Å². The molecule has 1 unspecified atom stereocenters. The predicted octanol–water partition coefficient (Wildman–Crippen LogP) is 1.78. The molecular formula is C13H22N4O. The van der Waals surface area contributed by atoms with E-state index in [2.05, 4.69) is 43.4 Å². The number of nitrogens with one attached hydrogen (secondary N) is 2. The van der Waals surface area contributed by atoms with E-state index in [-0.39, 0.29) is 11.3 Å². The van der Waals surface area contributed by atoms with Gasteiger partial charge in [0, 0.05) is 12.7 Å². The first-order chi connectivity index (χ1) is 8.34. The zero-order chi connectivity index (χ0) is 13.8. The molecule has 4 N–H and O–H groups in total. The van der Waals surface area contributed by atoms with Crippen LogP contribution in [-0.4, -0.2) is 17.4 Å². The van der Waals surface area contributed by atoms with Crippen molar-refractivity contribution < 1.29 is 4.79 Å². The van der Waals surface area contributed by atoms with Crippen LogP contribution in [0.25, 0.3) is 0 Å². The summed E-state index contributed by atoms with van der Waals surface area (Å²) in [4.78, 5) is 15.9. The summed E-state index contributed by atoms with van der Waals surface area (Å²) in [6.45, 7) is 9.26. The van der Waals surface area contributed by atoms with Gasteiger partial charge in [0.15, 0.2) is 0 Å². The van der Waals surface area contributed by atoms with Crippen LogP contribution in [0.15, 0.2) is 18.3 Å². The Morgan fingerprint density at radius 2 is 2.11 bits per heavy atom. The fourth-order valence-electron chi connectivity index (χ4n) is 1.27. The van der Waals surface area contributed by atoms with Crippen molar-refractivity contribution in [3.63, 3.8) is 0 Å². The number of aromatic nitrogens is 1. The first-order valence-corrected chi connectivity index (χ1v) is 6.05. The molecule has 0 aliphatic heterocycles. The molecule has 0 spiro atoms. The molecule has 0 fully saturated rings. The van der Waals surface area contributed by atoms with Crippen LogP contribution in [0, 0.1) is 11.3 Å². The Kier molecular flexibility index (Phi) is 4.67. The number of hydrogen-bond donors (Lipinski definition) is 3. The van der Waals surface area contributed by atoms with Crippen molar-refractivity contribution in [2.75, 3.05) is 12.0 Å². The van der Waals surface area contributed by atoms with Crippen LogP contribution in [0.1, 0.15) is 38.1 Å². The molecule has 1 aromatic heterocycles. The third-order valence-corrected chi connectivity index (χ3v) is 3.22. The van der Waals surface area contributed by atoms with Gasteiger partial charge in [0.05, 0.1) is 5.56 Å². The second-order valence-electron chi connectivity index (χ2n) is 5.55. The standard InChI is InChI=1S/C13H22N4O/c1-9(13(2,3)4)7-16-12(18)10-5-6-11(17-14)15-8-10/h5-6,8-9H,7,14H2,1-4H3,(H,15,17)(H,16,18). The van der Waals surface area contributed by atoms with Gasteiger partial charge in [0.1, 0.15) is 5.82 Å². The zero-order valence-corrected chi connectivity index (χ0v) is 11.4. The minimum atomic E-state index is -0.109. The van der Waals surface area contributed by atoms with E-state index in [1.54, 1.807) is 12.1 Å². The summed E-state index contributed by atoms with van der Waals surface area (Å²) in [6.07, 6.45) is 1.51. The summed E-state index contributed by atoms with van der Waals surface area (Å²) >= 11 is 0. The minimum absolute atomic E-state index is 0.109. The number of nitrogens with two attached hydrogens (primary N) is 1. The monoisotopic (exact) mass is 250 g/mol. The van der Waals surface area contributed by atoms with Crippen molar-refractivity contribution in [1.29, 1.82) is 0 Å². The highest BCUT2D eigenvalue weighted by molar-refractivity contribution is 5.94. The van der Waals surface area contributed by atoms with E-state index >= 15 is 0 Å². The zero-order valence-electron chi connectivity index (χ0n) is 11.4. The lowest BCUT2D eigenvalue weighted by molar-refractivity contribution is 0.0936. The number of nitrogens with zero attached hydrogens (tertiary/aromatic N) is 1. The number of anilines is 1. The summed E-state index contributed by atoms with van der Waals surface area (Å²) in [7, 11) is 0. The molecule has 1 amide bonds. The van der Waals surface area contributed by atoms with Crippen molar-refractivity contribution in [3.05, 3.63) is 23.9 Å². The molecule has 0 saturated heterocycles. The first kappa shape index (κ1) is 14.4. The summed E-state index contributed by atoms with van der Waals surface area (Å²) in [5, 5.41) is 2.91. The molecule has 0 aliphatic carbocycles. The Morgan fingerprint density at radius 3 is 2.56 bits per heavy atom. The molecule has 18 heavy (non-hydrogen) atoms. The fraction of sp³-hybridized carbons (Fsp3) is 0.538. The highest BCUT2D eigenvalue weighted by atomic mass is 16.1. The molecular weight excluding hydrogens is 228 g/mol. The quantitative estimate of drug-likeness (QED) is 0.562. The topological polar surface area (TPSA) is 80.0 Å². The second kappa shape index (κ2) is 5.82. The van der Waals surface area contributed by atoms with E-state index in [1.807, 2.05) is 0 Å². The fourth-order valence-corrected chi connectivity index (χ4v) is 1.27. The lowest BCUT2D eigenvalue weighted by atomic mass is 9.82. The van der Waals surface area contributed by atoms with Gasteiger partial charge in [-0.3, -0.25) is 4.79 Å². The molecule has 5 heteroatoms. The summed E-state index contributed by atoms with van der Waals surface area (Å²) in [5.74, 6) is 6.04. The Hall–Kier alpha value is -1.62. The van der Waals surface area contributed by atoms with Gasteiger partial charge in [-0.2, -0.15) is 0 Å². The van der Waals surface area contributed by atoms with E-state index in [4.69, 9.17) is 5.84 Å². The molecule has 0 aromatic carbocycles. The Balaban J connectivity index is 2.55. The molecule has 0 aliphatic rings. The van der Waals surface area contributed by atoms with Crippen molar-refractivity contribution in [2.24, 2.45) is 17.2 Å². The van der Waals surface area contributed by atoms with Gasteiger partial charge in [-0.1, -0.05) is 27.7 Å². The molecule has 1 heterocycles. The molecule has 5 nitrogen and oxygen atoms in total. The molecule has 1 aromatic rings. The summed E-state index contributed by atoms with van der Waals surface area (Å²) in [5.41, 5.74) is 3.14. The smallest absolute Gasteiger partial charge is 0.252 e. The number of hydrogen-bond acceptors (Lipinski definition) is 4. The maximum Gasteiger partial charge on any atom is 0.252 e. The summed E-state index contributed by atoms with van der Waals surface area (Å²) < 4.78 is 0. The van der Waals surface area contributed by atoms with Gasteiger partial charge in [0.2, 0.25) is 0 Å². The van der Waals surface area contributed by atoms with Gasteiger partial charge in [-0.15, -0.1) is 0 Å². The van der Waals surface area contributed by atoms with Crippen LogP contribution in [0.3, 0.4) is 0 Å². The third-order valence-electron chi connectivity index (χ3n) is 3.22. The number of nitrogen functional groups attached to an aromatic ring is 1. The molecule has 1 atom stereocenters. The average Bonchev–Trinajstić information content (AvgIpc) is 2.34. The number of hydrazine groups is 1. The van der Waals surface area contributed by atoms with Gasteiger partial charge in [0.25, 0.3) is 5.91 Å². The van der Waals surface area contributed by atoms with Gasteiger partial charge < -0.3 is 10.7 Å². The highest BCUT2D eigenvalue weighted by Gasteiger charge is 2.20. The minimum Gasteiger partial charge on any atom is -0.352 e. The number of pyridine rings is 1. The number of carbonyl (C=O) groups is 1. The van der Waals surface area contributed by atoms with Crippen LogP contribution in [0.2, 0.25) is 0 Å². The number of rotatable bonds is 4. The second-order valence-corrected chi connectivity index (χ2v) is 5.55. The predicted molar refractivity (Wildman–Crippen MR) is 73.0 cm³/mol. The van der Waals surface area contributed by atoms with Crippen LogP contribution in [-0.2, 0) is 0 Å². The Bertz CT molecular complexity index is 394. The maximum atomic E-state index is 11.9. The van der Waals surface area contributed by atoms with E-state index in [0.717, 1.165) is 0 Å². The maximum absolute atomic E-state index is 11.9. The van der Waals surface area contributed by atoms with Crippen LogP contribution in [0.5, 0.6) is 0 Å². The van der Waals surface area contributed by atoms with Gasteiger partial charge in [-0.25, -0.2) is 10.8 Å². The van der Waals surface area contributed by atoms with Crippen LogP contribution in [0.4, 0.5) is 5.82 Å². The van der Waals surface area contributed by atoms with E-state index < -0.39 is 0 Å². The summed E-state index contributed by atoms with van der Waals surface area (Å²) in [6, 6.07) is 3.36. The normalized spacial score (nSPS) is 12.9. The first-order valence-electron chi connectivity index (χ1n) is 6.05.